The summed E-state index contributed by atoms with van der Waals surface area (Å²) in [4.78, 5) is 32.1. The molecule has 2 saturated heterocycles. The number of anilines is 1. The Labute approximate surface area is 241 Å². The molecule has 2 aromatic carbocycles. The third-order valence-corrected chi connectivity index (χ3v) is 7.90. The maximum atomic E-state index is 14.3. The zero-order valence-electron chi connectivity index (χ0n) is 22.9. The molecule has 3 aromatic rings. The molecule has 9 nitrogen and oxygen atoms in total. The second-order valence-corrected chi connectivity index (χ2v) is 10.3. The number of rotatable bonds is 6. The van der Waals surface area contributed by atoms with Crippen LogP contribution < -0.4 is 9.64 Å². The predicted octanol–water partition coefficient (Wildman–Crippen LogP) is 4.50. The van der Waals surface area contributed by atoms with Crippen LogP contribution in [0.3, 0.4) is 0 Å². The molecule has 0 bridgehead atoms. The molecule has 0 spiro atoms. The molecule has 0 N–H and O–H groups in total. The number of ether oxygens (including phenoxy) is 1. The molecular formula is C30H29F3N6O3. The van der Waals surface area contributed by atoms with Crippen LogP contribution in [0.25, 0.3) is 0 Å². The van der Waals surface area contributed by atoms with Gasteiger partial charge in [0.1, 0.15) is 17.6 Å². The van der Waals surface area contributed by atoms with E-state index >= 15 is 0 Å². The summed E-state index contributed by atoms with van der Waals surface area (Å²) >= 11 is 0. The van der Waals surface area contributed by atoms with Gasteiger partial charge in [-0.05, 0) is 73.9 Å². The zero-order valence-corrected chi connectivity index (χ0v) is 22.9. The Hall–Kier alpha value is -4.66. The van der Waals surface area contributed by atoms with E-state index in [1.54, 1.807) is 24.0 Å². The minimum atomic E-state index is -1.01. The largest absolute Gasteiger partial charge is 0.415 e. The van der Waals surface area contributed by atoms with Gasteiger partial charge < -0.3 is 19.4 Å². The van der Waals surface area contributed by atoms with E-state index in [0.717, 1.165) is 12.1 Å². The van der Waals surface area contributed by atoms with Gasteiger partial charge >= 0.3 is 6.09 Å². The third kappa shape index (κ3) is 6.15. The number of halogens is 3. The predicted molar refractivity (Wildman–Crippen MR) is 146 cm³/mol. The Bertz CT molecular complexity index is 1470. The van der Waals surface area contributed by atoms with E-state index in [1.807, 2.05) is 11.0 Å². The van der Waals surface area contributed by atoms with Crippen molar-refractivity contribution < 1.29 is 27.5 Å². The number of aromatic nitrogens is 2. The minimum absolute atomic E-state index is 0.0707. The van der Waals surface area contributed by atoms with Gasteiger partial charge in [-0.1, -0.05) is 6.07 Å². The van der Waals surface area contributed by atoms with Crippen LogP contribution in [0, 0.1) is 34.7 Å². The lowest BCUT2D eigenvalue weighted by Gasteiger charge is -2.34. The van der Waals surface area contributed by atoms with Gasteiger partial charge in [-0.25, -0.2) is 18.0 Å². The van der Waals surface area contributed by atoms with Crippen molar-refractivity contribution in [3.8, 4) is 11.8 Å². The minimum Gasteiger partial charge on any atom is -0.410 e. The highest BCUT2D eigenvalue weighted by atomic mass is 19.2. The number of likely N-dealkylation sites (tertiary alicyclic amines) is 1. The Kier molecular flexibility index (Phi) is 8.56. The number of hydrogen-bond donors (Lipinski definition) is 0. The number of benzene rings is 2. The van der Waals surface area contributed by atoms with Crippen molar-refractivity contribution in [2.24, 2.45) is 5.92 Å². The smallest absolute Gasteiger partial charge is 0.410 e. The lowest BCUT2D eigenvalue weighted by molar-refractivity contribution is -0.135. The average Bonchev–Trinajstić information content (AvgIpc) is 3.45. The third-order valence-electron chi connectivity index (χ3n) is 7.90. The molecule has 2 aliphatic rings. The molecule has 0 saturated carbocycles. The number of nitrogens with zero attached hydrogens (tertiary/aromatic N) is 6. The summed E-state index contributed by atoms with van der Waals surface area (Å²) in [7, 11) is 0. The van der Waals surface area contributed by atoms with E-state index < -0.39 is 35.5 Å². The van der Waals surface area contributed by atoms with E-state index in [4.69, 9.17) is 10.00 Å². The average molecular weight is 579 g/mol. The summed E-state index contributed by atoms with van der Waals surface area (Å²) in [6, 6.07) is 13.4. The van der Waals surface area contributed by atoms with Crippen LogP contribution >= 0.6 is 0 Å². The van der Waals surface area contributed by atoms with Crippen LogP contribution in [0.5, 0.6) is 5.75 Å². The molecule has 2 amide bonds. The number of likely N-dealkylation sites (N-methyl/N-ethyl adjacent to an activating group) is 1. The van der Waals surface area contributed by atoms with Gasteiger partial charge in [0.2, 0.25) is 5.91 Å². The van der Waals surface area contributed by atoms with Gasteiger partial charge in [-0.2, -0.15) is 5.26 Å². The molecule has 2 atom stereocenters. The lowest BCUT2D eigenvalue weighted by atomic mass is 9.93. The lowest BCUT2D eigenvalue weighted by Crippen LogP contribution is -2.47. The van der Waals surface area contributed by atoms with Crippen LogP contribution in [-0.4, -0.2) is 70.8 Å². The summed E-state index contributed by atoms with van der Waals surface area (Å²) < 4.78 is 46.9. The van der Waals surface area contributed by atoms with Gasteiger partial charge in [0, 0.05) is 44.6 Å². The van der Waals surface area contributed by atoms with Crippen LogP contribution in [0.15, 0.2) is 54.6 Å². The molecule has 0 unspecified atom stereocenters. The van der Waals surface area contributed by atoms with E-state index in [1.165, 1.54) is 35.2 Å². The highest BCUT2D eigenvalue weighted by Crippen LogP contribution is 2.35. The first-order chi connectivity index (χ1) is 20.3. The van der Waals surface area contributed by atoms with Crippen molar-refractivity contribution in [2.75, 3.05) is 37.6 Å². The van der Waals surface area contributed by atoms with Gasteiger partial charge in [-0.15, -0.1) is 10.2 Å². The van der Waals surface area contributed by atoms with Crippen LogP contribution in [0.1, 0.15) is 36.9 Å². The quantitative estimate of drug-likeness (QED) is 0.425. The fraction of sp³-hybridized carbons (Fsp3) is 0.367. The zero-order chi connectivity index (χ0) is 29.8. The van der Waals surface area contributed by atoms with E-state index in [0.29, 0.717) is 37.3 Å². The van der Waals surface area contributed by atoms with Crippen molar-refractivity contribution in [1.29, 1.82) is 5.26 Å². The molecule has 5 rings (SSSR count). The summed E-state index contributed by atoms with van der Waals surface area (Å²) in [5.41, 5.74) is 0.696. The van der Waals surface area contributed by atoms with Gasteiger partial charge in [-0.3, -0.25) is 4.79 Å². The first-order valence-corrected chi connectivity index (χ1v) is 13.7. The Morgan fingerprint density at radius 1 is 1.00 bits per heavy atom. The number of carbonyl (C=O) groups is 2. The topological polar surface area (TPSA) is 103 Å². The molecule has 2 fully saturated rings. The van der Waals surface area contributed by atoms with Crippen molar-refractivity contribution in [3.63, 3.8) is 0 Å². The summed E-state index contributed by atoms with van der Waals surface area (Å²) in [6.45, 7) is 3.56. The van der Waals surface area contributed by atoms with Gasteiger partial charge in [0.25, 0.3) is 0 Å². The molecule has 1 aromatic heterocycles. The molecule has 0 aliphatic carbocycles. The Balaban J connectivity index is 1.32. The standard InChI is InChI=1S/C30H29F3N6O3/c1-2-39(30(41)42-23-7-4-21(31)5-8-23)27-18-38(17-24(27)20-3-9-25(32)26(33)15-20)29(40)19-11-13-37(14-12-19)28-10-6-22(16-34)35-36-28/h3-10,15,19,24,27H,2,11-14,17-18H2,1H3/t24-,27+/m0/s1. The van der Waals surface area contributed by atoms with Gasteiger partial charge in [0.15, 0.2) is 23.1 Å². The number of amides is 2. The first kappa shape index (κ1) is 28.9. The summed E-state index contributed by atoms with van der Waals surface area (Å²) in [6.07, 6.45) is 0.455. The molecule has 218 valence electrons. The number of nitriles is 1. The Morgan fingerprint density at radius 2 is 1.74 bits per heavy atom. The molecule has 42 heavy (non-hydrogen) atoms. The monoisotopic (exact) mass is 578 g/mol. The van der Waals surface area contributed by atoms with Crippen molar-refractivity contribution >= 4 is 17.8 Å². The maximum Gasteiger partial charge on any atom is 0.415 e. The summed E-state index contributed by atoms with van der Waals surface area (Å²) in [5.74, 6) is -2.49. The number of piperidine rings is 1. The van der Waals surface area contributed by atoms with E-state index in [2.05, 4.69) is 10.2 Å². The Morgan fingerprint density at radius 3 is 2.36 bits per heavy atom. The SMILES string of the molecule is CCN(C(=O)Oc1ccc(F)cc1)[C@@H]1CN(C(=O)C2CCN(c3ccc(C#N)nn3)CC2)C[C@H]1c1ccc(F)c(F)c1. The van der Waals surface area contributed by atoms with Crippen LogP contribution in [0.2, 0.25) is 0 Å². The molecule has 0 radical (unpaired) electrons. The van der Waals surface area contributed by atoms with Crippen molar-refractivity contribution in [2.45, 2.75) is 31.7 Å². The first-order valence-electron chi connectivity index (χ1n) is 13.7. The van der Waals surface area contributed by atoms with Gasteiger partial charge in [0.05, 0.1) is 6.04 Å². The fourth-order valence-corrected chi connectivity index (χ4v) is 5.68. The second-order valence-electron chi connectivity index (χ2n) is 10.3. The number of carbonyl (C=O) groups excluding carboxylic acids is 2. The number of hydrogen-bond acceptors (Lipinski definition) is 7. The summed E-state index contributed by atoms with van der Waals surface area (Å²) in [5, 5.41) is 16.9. The highest BCUT2D eigenvalue weighted by Gasteiger charge is 2.43. The van der Waals surface area contributed by atoms with E-state index in [9.17, 15) is 22.8 Å². The highest BCUT2D eigenvalue weighted by molar-refractivity contribution is 5.80. The molecule has 3 heterocycles. The fourth-order valence-electron chi connectivity index (χ4n) is 5.68. The maximum absolute atomic E-state index is 14.3. The molecule has 2 aliphatic heterocycles. The van der Waals surface area contributed by atoms with Crippen molar-refractivity contribution in [3.05, 3.63) is 83.3 Å². The molecular weight excluding hydrogens is 549 g/mol. The second kappa shape index (κ2) is 12.5. The van der Waals surface area contributed by atoms with Crippen LogP contribution in [0.4, 0.5) is 23.8 Å². The normalized spacial score (nSPS) is 18.9. The molecule has 12 heteroatoms. The van der Waals surface area contributed by atoms with Crippen molar-refractivity contribution in [1.82, 2.24) is 20.0 Å². The van der Waals surface area contributed by atoms with Crippen LogP contribution in [-0.2, 0) is 4.79 Å². The van der Waals surface area contributed by atoms with E-state index in [-0.39, 0.29) is 42.9 Å².